The van der Waals surface area contributed by atoms with Crippen molar-refractivity contribution in [3.8, 4) is 0 Å². The second-order valence-corrected chi connectivity index (χ2v) is 3.45. The van der Waals surface area contributed by atoms with Gasteiger partial charge < -0.3 is 24.3 Å². The van der Waals surface area contributed by atoms with Crippen molar-refractivity contribution < 1.29 is 25.7 Å². The average Bonchev–Trinajstić information content (AvgIpc) is 1.58. The van der Waals surface area contributed by atoms with Gasteiger partial charge in [0.15, 0.2) is 0 Å². The van der Waals surface area contributed by atoms with E-state index in [4.69, 9.17) is 19.8 Å². The zero-order valence-electron chi connectivity index (χ0n) is 8.02. The third kappa shape index (κ3) is 38.7. The van der Waals surface area contributed by atoms with Crippen molar-refractivity contribution in [1.82, 2.24) is 0 Å². The minimum Gasteiger partial charge on any atom is -0.820 e. The molecule has 0 atom stereocenters. The lowest BCUT2D eigenvalue weighted by Crippen LogP contribution is -2.36. The van der Waals surface area contributed by atoms with Crippen LogP contribution in [0.25, 0.3) is 0 Å². The number of aliphatic hydroxyl groups is 1. The fraction of sp³-hybridized carbons (Fsp3) is 1.00. The van der Waals surface area contributed by atoms with Crippen LogP contribution in [0.2, 0.25) is 0 Å². The zero-order chi connectivity index (χ0) is 9.49. The molecule has 0 aromatic rings. The Bertz CT molecular complexity index is 85.3. The summed E-state index contributed by atoms with van der Waals surface area (Å²) in [7, 11) is 3.04. The maximum Gasteiger partial charge on any atom is 1.00 e. The topological polar surface area (TPSA) is 86.6 Å². The summed E-state index contributed by atoms with van der Waals surface area (Å²) in [6.07, 6.45) is 0. The van der Waals surface area contributed by atoms with Crippen LogP contribution < -0.4 is 9.79 Å². The van der Waals surface area contributed by atoms with Gasteiger partial charge in [-0.15, -0.1) is 0 Å². The van der Waals surface area contributed by atoms with E-state index in [9.17, 15) is 0 Å². The van der Waals surface area contributed by atoms with Gasteiger partial charge in [0, 0.05) is 0 Å². The molecule has 0 aliphatic rings. The van der Waals surface area contributed by atoms with Crippen LogP contribution in [-0.2, 0) is 0 Å². The minimum absolute atomic E-state index is 0. The van der Waals surface area contributed by atoms with Crippen LogP contribution in [0.15, 0.2) is 0 Å². The molecule has 5 nitrogen and oxygen atoms in total. The summed E-state index contributed by atoms with van der Waals surface area (Å²) in [6.45, 7) is 1.11. The molecule has 0 aromatic carbocycles. The molecule has 6 heteroatoms. The highest BCUT2D eigenvalue weighted by Crippen LogP contribution is 1.95. The Morgan fingerprint density at radius 3 is 1.64 bits per heavy atom. The van der Waals surface area contributed by atoms with Gasteiger partial charge in [0.25, 0.3) is 0 Å². The smallest absolute Gasteiger partial charge is 0.820 e. The first-order valence-electron chi connectivity index (χ1n) is 3.04. The minimum atomic E-state index is -3.12. The highest BCUT2D eigenvalue weighted by atomic mass is 31.2. The van der Waals surface area contributed by atoms with E-state index in [0.717, 1.165) is 11.0 Å². The summed E-state index contributed by atoms with van der Waals surface area (Å²) in [5.74, 6) is 0. The van der Waals surface area contributed by atoms with Crippen LogP contribution in [0.3, 0.4) is 0 Å². The van der Waals surface area contributed by atoms with Gasteiger partial charge in [-0.2, -0.15) is 8.60 Å². The molecule has 0 heterocycles. The summed E-state index contributed by atoms with van der Waals surface area (Å²) < 4.78 is 0.844. The van der Waals surface area contributed by atoms with Gasteiger partial charge in [-0.3, -0.25) is 0 Å². The maximum atomic E-state index is 8.59. The largest absolute Gasteiger partial charge is 1.00 e. The molecule has 0 fully saturated rings. The van der Waals surface area contributed by atoms with Gasteiger partial charge in [-0.05, 0) is 0 Å². The van der Waals surface area contributed by atoms with Gasteiger partial charge >= 0.3 is 1.43 Å². The number of quaternary nitrogens is 1. The van der Waals surface area contributed by atoms with E-state index in [2.05, 4.69) is 21.1 Å². The first kappa shape index (κ1) is 13.8. The third-order valence-electron chi connectivity index (χ3n) is 0.771. The van der Waals surface area contributed by atoms with E-state index in [1.54, 1.807) is 0 Å². The van der Waals surface area contributed by atoms with Crippen LogP contribution in [0.1, 0.15) is 1.43 Å². The lowest BCUT2D eigenvalue weighted by atomic mass is 10.5. The van der Waals surface area contributed by atoms with Crippen molar-refractivity contribution in [3.05, 3.63) is 0 Å². The van der Waals surface area contributed by atoms with Crippen molar-refractivity contribution >= 4 is 8.60 Å². The van der Waals surface area contributed by atoms with Crippen LogP contribution in [-0.4, -0.2) is 48.8 Å². The number of aliphatic hydroxyl groups excluding tert-OH is 1. The molecule has 0 aliphatic carbocycles. The maximum absolute atomic E-state index is 8.59. The SMILES string of the molecule is C[N+](C)(C)CCO.[H+].[O-]P([O-])O. The second kappa shape index (κ2) is 6.91. The van der Waals surface area contributed by atoms with Crippen molar-refractivity contribution in [2.24, 2.45) is 0 Å². The Balaban J connectivity index is -0.000000142. The average molecular weight is 185 g/mol. The normalized spacial score (nSPS) is 10.9. The Labute approximate surface area is 69.6 Å². The van der Waals surface area contributed by atoms with Crippen molar-refractivity contribution in [3.63, 3.8) is 0 Å². The fourth-order valence-corrected chi connectivity index (χ4v) is 0.300. The van der Waals surface area contributed by atoms with Gasteiger partial charge in [0.05, 0.1) is 27.7 Å². The highest BCUT2D eigenvalue weighted by Gasteiger charge is 2.02. The number of likely N-dealkylation sites (N-methyl/N-ethyl adjacent to an activating group) is 1. The van der Waals surface area contributed by atoms with E-state index < -0.39 is 8.60 Å². The summed E-state index contributed by atoms with van der Waals surface area (Å²) in [5, 5.41) is 8.39. The Morgan fingerprint density at radius 1 is 1.36 bits per heavy atom. The molecule has 0 saturated carbocycles. The third-order valence-corrected chi connectivity index (χ3v) is 0.771. The van der Waals surface area contributed by atoms with E-state index in [-0.39, 0.29) is 8.03 Å². The zero-order valence-corrected chi connectivity index (χ0v) is 7.91. The van der Waals surface area contributed by atoms with Crippen molar-refractivity contribution in [2.45, 2.75) is 0 Å². The van der Waals surface area contributed by atoms with Crippen LogP contribution in [0.5, 0.6) is 0 Å². The van der Waals surface area contributed by atoms with E-state index in [1.807, 2.05) is 0 Å². The van der Waals surface area contributed by atoms with Gasteiger partial charge in [0.1, 0.15) is 6.54 Å². The van der Waals surface area contributed by atoms with Crippen LogP contribution in [0.4, 0.5) is 0 Å². The molecular formula is C5H16NO4P. The molecule has 0 spiro atoms. The summed E-state index contributed by atoms with van der Waals surface area (Å²) >= 11 is 0. The summed E-state index contributed by atoms with van der Waals surface area (Å²) in [4.78, 5) is 24.2. The molecule has 0 rings (SSSR count). The standard InChI is InChI=1S/C5H14NO.HO3P/c1-6(2,3)4-5-7;1-4(2)3/h7H,4-5H2,1-3H3;1H/q+1;-2/p+1. The highest BCUT2D eigenvalue weighted by molar-refractivity contribution is 7.35. The molecule has 2 N–H and O–H groups in total. The molecule has 0 bridgehead atoms. The second-order valence-electron chi connectivity index (χ2n) is 2.98. The number of rotatable bonds is 2. The number of hydrogen-bond acceptors (Lipinski definition) is 4. The van der Waals surface area contributed by atoms with Crippen molar-refractivity contribution in [1.29, 1.82) is 0 Å². The molecule has 11 heavy (non-hydrogen) atoms. The molecular weight excluding hydrogens is 169 g/mol. The monoisotopic (exact) mass is 185 g/mol. The molecule has 70 valence electrons. The first-order chi connectivity index (χ1) is 4.79. The van der Waals surface area contributed by atoms with Gasteiger partial charge in [0.2, 0.25) is 0 Å². The van der Waals surface area contributed by atoms with Gasteiger partial charge in [-0.25, -0.2) is 0 Å². The quantitative estimate of drug-likeness (QED) is 0.375. The molecule has 0 unspecified atom stereocenters. The summed E-state index contributed by atoms with van der Waals surface area (Å²) in [5.41, 5.74) is 0. The molecule has 0 aromatic heterocycles. The van der Waals surface area contributed by atoms with E-state index >= 15 is 0 Å². The first-order valence-corrected chi connectivity index (χ1v) is 4.17. The Hall–Kier alpha value is 0.230. The number of nitrogens with zero attached hydrogens (tertiary/aromatic N) is 1. The fourth-order valence-electron chi connectivity index (χ4n) is 0.300. The van der Waals surface area contributed by atoms with Gasteiger partial charge in [-0.1, -0.05) is 0 Å². The lowest BCUT2D eigenvalue weighted by molar-refractivity contribution is -0.870. The molecule has 0 amide bonds. The molecule has 0 radical (unpaired) electrons. The molecule has 0 saturated heterocycles. The lowest BCUT2D eigenvalue weighted by Gasteiger charge is -2.21. The predicted molar refractivity (Wildman–Crippen MR) is 40.2 cm³/mol. The Morgan fingerprint density at radius 2 is 1.64 bits per heavy atom. The Kier molecular flexibility index (Phi) is 8.67. The number of hydrogen-bond donors (Lipinski definition) is 2. The van der Waals surface area contributed by atoms with Crippen molar-refractivity contribution in [2.75, 3.05) is 34.3 Å². The van der Waals surface area contributed by atoms with E-state index in [1.165, 1.54) is 0 Å². The van der Waals surface area contributed by atoms with Crippen LogP contribution in [0, 0.1) is 0 Å². The molecule has 0 aliphatic heterocycles. The summed E-state index contributed by atoms with van der Waals surface area (Å²) in [6, 6.07) is 0. The predicted octanol–water partition coefficient (Wildman–Crippen LogP) is -2.28. The van der Waals surface area contributed by atoms with E-state index in [0.29, 0.717) is 0 Å². The van der Waals surface area contributed by atoms with Crippen LogP contribution >= 0.6 is 8.60 Å².